The maximum Gasteiger partial charge on any atom is 0.0278 e. The fourth-order valence-electron chi connectivity index (χ4n) is 2.49. The molecule has 0 heterocycles. The van der Waals surface area contributed by atoms with Crippen molar-refractivity contribution in [3.8, 4) is 0 Å². The van der Waals surface area contributed by atoms with Crippen LogP contribution in [0.3, 0.4) is 0 Å². The third-order valence-corrected chi connectivity index (χ3v) is 23.0. The lowest BCUT2D eigenvalue weighted by molar-refractivity contribution is 1.59. The van der Waals surface area contributed by atoms with Crippen LogP contribution in [0.2, 0.25) is 56.3 Å². The van der Waals surface area contributed by atoms with E-state index in [1.54, 1.807) is 17.0 Å². The molecule has 0 saturated carbocycles. The van der Waals surface area contributed by atoms with Crippen LogP contribution in [-0.4, -0.2) is 35.2 Å². The highest BCUT2D eigenvalue weighted by Gasteiger charge is 2.14. The zero-order valence-corrected chi connectivity index (χ0v) is 15.0. The Morgan fingerprint density at radius 3 is 1.08 bits per heavy atom. The van der Waals surface area contributed by atoms with E-state index in [2.05, 4.69) is 39.3 Å². The monoisotopic (exact) mass is 248 g/mol. The Bertz CT molecular complexity index is 111. The first-order valence-electron chi connectivity index (χ1n) is 5.91. The topological polar surface area (TPSA) is 0 Å². The molecule has 0 aromatic rings. The first-order chi connectivity index (χ1) is 5.91. The molecule has 0 fully saturated rings. The van der Waals surface area contributed by atoms with Crippen LogP contribution in [0.4, 0.5) is 0 Å². The van der Waals surface area contributed by atoms with Gasteiger partial charge in [0, 0.05) is 35.2 Å². The standard InChI is InChI=1S/C9H28Si4/c1-10(2)7-12(5)9-13(6)8-11(3)4/h10-13H,7-9H2,1-6H3. The van der Waals surface area contributed by atoms with Crippen molar-refractivity contribution < 1.29 is 0 Å². The van der Waals surface area contributed by atoms with Crippen molar-refractivity contribution in [2.75, 3.05) is 0 Å². The van der Waals surface area contributed by atoms with Gasteiger partial charge >= 0.3 is 0 Å². The van der Waals surface area contributed by atoms with Gasteiger partial charge in [-0.3, -0.25) is 0 Å². The molecule has 0 nitrogen and oxygen atoms in total. The lowest BCUT2D eigenvalue weighted by atomic mass is 11.7. The quantitative estimate of drug-likeness (QED) is 0.633. The summed E-state index contributed by atoms with van der Waals surface area (Å²) in [6.07, 6.45) is 0. The van der Waals surface area contributed by atoms with Crippen LogP contribution in [0.25, 0.3) is 0 Å². The van der Waals surface area contributed by atoms with E-state index in [4.69, 9.17) is 0 Å². The summed E-state index contributed by atoms with van der Waals surface area (Å²) in [5.74, 6) is 0. The van der Waals surface area contributed by atoms with E-state index in [1.807, 2.05) is 0 Å². The van der Waals surface area contributed by atoms with Gasteiger partial charge in [-0.25, -0.2) is 0 Å². The van der Waals surface area contributed by atoms with E-state index in [0.29, 0.717) is 0 Å². The normalized spacial score (nSPS) is 16.6. The third kappa shape index (κ3) is 9.18. The second-order valence-electron chi connectivity index (χ2n) is 5.71. The molecule has 4 heteroatoms. The predicted molar refractivity (Wildman–Crippen MR) is 78.2 cm³/mol. The van der Waals surface area contributed by atoms with Crippen LogP contribution in [0.5, 0.6) is 0 Å². The molecule has 2 atom stereocenters. The van der Waals surface area contributed by atoms with E-state index in [-0.39, 0.29) is 35.2 Å². The van der Waals surface area contributed by atoms with Crippen molar-refractivity contribution in [1.82, 2.24) is 0 Å². The Hall–Kier alpha value is 0.868. The molecule has 0 bridgehead atoms. The minimum Gasteiger partial charge on any atom is -0.0724 e. The lowest BCUT2D eigenvalue weighted by Crippen LogP contribution is -2.25. The molecular weight excluding hydrogens is 220 g/mol. The zero-order valence-electron chi connectivity index (χ0n) is 10.4. The van der Waals surface area contributed by atoms with Gasteiger partial charge < -0.3 is 0 Å². The van der Waals surface area contributed by atoms with Crippen LogP contribution in [-0.2, 0) is 0 Å². The molecule has 0 rings (SSSR count). The summed E-state index contributed by atoms with van der Waals surface area (Å²) in [6.45, 7) is 15.3. The van der Waals surface area contributed by atoms with Crippen molar-refractivity contribution in [3.63, 3.8) is 0 Å². The Morgan fingerprint density at radius 1 is 0.538 bits per heavy atom. The molecule has 0 aliphatic rings. The molecule has 0 aromatic heterocycles. The van der Waals surface area contributed by atoms with Gasteiger partial charge in [0.25, 0.3) is 0 Å². The fraction of sp³-hybridized carbons (Fsp3) is 1.00. The zero-order chi connectivity index (χ0) is 10.4. The summed E-state index contributed by atoms with van der Waals surface area (Å²) in [6, 6.07) is 0. The Kier molecular flexibility index (Phi) is 7.68. The number of hydrogen-bond donors (Lipinski definition) is 0. The summed E-state index contributed by atoms with van der Waals surface area (Å²) in [5, 5.41) is 0. The van der Waals surface area contributed by atoms with Crippen molar-refractivity contribution in [3.05, 3.63) is 0 Å². The average Bonchev–Trinajstić information content (AvgIpc) is 1.80. The van der Waals surface area contributed by atoms with Crippen LogP contribution in [0.1, 0.15) is 0 Å². The average molecular weight is 249 g/mol. The molecule has 0 aliphatic heterocycles. The molecule has 13 heavy (non-hydrogen) atoms. The van der Waals surface area contributed by atoms with Gasteiger partial charge in [0.15, 0.2) is 0 Å². The van der Waals surface area contributed by atoms with E-state index in [1.165, 1.54) is 0 Å². The second-order valence-corrected chi connectivity index (χ2v) is 21.4. The number of hydrogen-bond acceptors (Lipinski definition) is 0. The van der Waals surface area contributed by atoms with Crippen LogP contribution in [0, 0.1) is 0 Å². The molecular formula is C9H28Si4. The Balaban J connectivity index is 3.58. The smallest absolute Gasteiger partial charge is 0.0278 e. The molecule has 0 N–H and O–H groups in total. The largest absolute Gasteiger partial charge is 0.0724 e. The predicted octanol–water partition coefficient (Wildman–Crippen LogP) is 2.29. The maximum absolute atomic E-state index is 2.62. The van der Waals surface area contributed by atoms with Gasteiger partial charge in [-0.15, -0.1) is 0 Å². The minimum atomic E-state index is -0.231. The van der Waals surface area contributed by atoms with Crippen LogP contribution >= 0.6 is 0 Å². The van der Waals surface area contributed by atoms with Crippen LogP contribution in [0.15, 0.2) is 0 Å². The molecule has 0 saturated heterocycles. The Morgan fingerprint density at radius 2 is 0.846 bits per heavy atom. The van der Waals surface area contributed by atoms with E-state index in [9.17, 15) is 0 Å². The highest BCUT2D eigenvalue weighted by molar-refractivity contribution is 6.87. The molecule has 2 unspecified atom stereocenters. The minimum absolute atomic E-state index is 0.228. The highest BCUT2D eigenvalue weighted by Crippen LogP contribution is 2.09. The molecule has 0 amide bonds. The van der Waals surface area contributed by atoms with E-state index < -0.39 is 0 Å². The molecule has 80 valence electrons. The molecule has 0 radical (unpaired) electrons. The van der Waals surface area contributed by atoms with Crippen molar-refractivity contribution in [2.24, 2.45) is 0 Å². The fourth-order valence-corrected chi connectivity index (χ4v) is 25.9. The van der Waals surface area contributed by atoms with Gasteiger partial charge in [-0.05, 0) is 0 Å². The summed E-state index contributed by atoms with van der Waals surface area (Å²) >= 11 is 0. The van der Waals surface area contributed by atoms with Gasteiger partial charge in [0.2, 0.25) is 0 Å². The Labute approximate surface area is 91.6 Å². The summed E-state index contributed by atoms with van der Waals surface area (Å²) in [7, 11) is -0.917. The maximum atomic E-state index is 2.62. The summed E-state index contributed by atoms with van der Waals surface area (Å²) < 4.78 is 0. The first-order valence-corrected chi connectivity index (χ1v) is 17.7. The summed E-state index contributed by atoms with van der Waals surface area (Å²) in [5.41, 5.74) is 5.20. The summed E-state index contributed by atoms with van der Waals surface area (Å²) in [4.78, 5) is 0. The van der Waals surface area contributed by atoms with E-state index >= 15 is 0 Å². The van der Waals surface area contributed by atoms with Gasteiger partial charge in [-0.2, -0.15) is 0 Å². The SMILES string of the molecule is C[SiH](C)C[SiH](C)C[SiH](C)C[SiH](C)C. The van der Waals surface area contributed by atoms with Crippen LogP contribution < -0.4 is 0 Å². The van der Waals surface area contributed by atoms with Crippen molar-refractivity contribution >= 4 is 35.2 Å². The van der Waals surface area contributed by atoms with Crippen molar-refractivity contribution in [2.45, 2.75) is 56.3 Å². The van der Waals surface area contributed by atoms with Crippen molar-refractivity contribution in [1.29, 1.82) is 0 Å². The highest BCUT2D eigenvalue weighted by atomic mass is 28.4. The lowest BCUT2D eigenvalue weighted by Gasteiger charge is -2.17. The molecule has 0 aromatic carbocycles. The second kappa shape index (κ2) is 7.20. The third-order valence-electron chi connectivity index (χ3n) is 2.55. The molecule has 0 spiro atoms. The van der Waals surface area contributed by atoms with Gasteiger partial charge in [-0.1, -0.05) is 56.3 Å². The number of rotatable bonds is 6. The van der Waals surface area contributed by atoms with Gasteiger partial charge in [0.1, 0.15) is 0 Å². The first kappa shape index (κ1) is 13.9. The molecule has 0 aliphatic carbocycles. The van der Waals surface area contributed by atoms with E-state index in [0.717, 1.165) is 0 Å². The van der Waals surface area contributed by atoms with Gasteiger partial charge in [0.05, 0.1) is 0 Å².